The lowest BCUT2D eigenvalue weighted by Gasteiger charge is -2.32. The van der Waals surface area contributed by atoms with Crippen LogP contribution in [0.25, 0.3) is 6.08 Å². The number of ether oxygens (including phenoxy) is 2. The predicted molar refractivity (Wildman–Crippen MR) is 119 cm³/mol. The smallest absolute Gasteiger partial charge is 0.253 e. The maximum Gasteiger partial charge on any atom is 0.253 e. The summed E-state index contributed by atoms with van der Waals surface area (Å²) in [5, 5.41) is 0. The van der Waals surface area contributed by atoms with Gasteiger partial charge in [-0.05, 0) is 29.3 Å². The molecule has 0 aliphatic carbocycles. The Morgan fingerprint density at radius 1 is 1.03 bits per heavy atom. The Morgan fingerprint density at radius 3 is 2.38 bits per heavy atom. The van der Waals surface area contributed by atoms with E-state index in [1.807, 2.05) is 42.5 Å². The van der Waals surface area contributed by atoms with E-state index in [1.54, 1.807) is 30.2 Å². The third-order valence-electron chi connectivity index (χ3n) is 5.88. The second-order valence-corrected chi connectivity index (χ2v) is 7.81. The van der Waals surface area contributed by atoms with Crippen LogP contribution in [0, 0.1) is 5.92 Å². The van der Waals surface area contributed by atoms with E-state index in [-0.39, 0.29) is 18.2 Å². The van der Waals surface area contributed by atoms with E-state index < -0.39 is 17.9 Å². The minimum Gasteiger partial charge on any atom is -0.497 e. The predicted octanol–water partition coefficient (Wildman–Crippen LogP) is 2.68. The summed E-state index contributed by atoms with van der Waals surface area (Å²) in [4.78, 5) is 42.4. The summed E-state index contributed by atoms with van der Waals surface area (Å²) >= 11 is 0. The second kappa shape index (κ2) is 9.78. The van der Waals surface area contributed by atoms with Crippen molar-refractivity contribution in [2.45, 2.75) is 12.5 Å². The topological polar surface area (TPSA) is 76.2 Å². The first-order valence-electron chi connectivity index (χ1n) is 10.7. The number of amides is 3. The lowest BCUT2D eigenvalue weighted by Crippen LogP contribution is -2.45. The van der Waals surface area contributed by atoms with Crippen LogP contribution >= 0.6 is 0 Å². The summed E-state index contributed by atoms with van der Waals surface area (Å²) in [6.07, 6.45) is 3.07. The fraction of sp³-hybridized carbons (Fsp3) is 0.320. The van der Waals surface area contributed by atoms with Gasteiger partial charge < -0.3 is 14.4 Å². The highest BCUT2D eigenvalue weighted by Crippen LogP contribution is 2.40. The number of morpholine rings is 1. The number of hydrogen-bond donors (Lipinski definition) is 0. The van der Waals surface area contributed by atoms with Gasteiger partial charge in [0.1, 0.15) is 5.75 Å². The van der Waals surface area contributed by atoms with Crippen molar-refractivity contribution in [1.29, 1.82) is 0 Å². The van der Waals surface area contributed by atoms with E-state index in [9.17, 15) is 14.4 Å². The molecule has 0 aromatic heterocycles. The van der Waals surface area contributed by atoms with E-state index in [0.717, 1.165) is 11.1 Å². The van der Waals surface area contributed by atoms with Gasteiger partial charge >= 0.3 is 0 Å². The SMILES string of the molecule is COc1ccc([C@@H]2[C@@H](C(=O)N3CCOCC3)CC(=O)N2C(=O)/C=C/c2ccccc2)cc1. The first kappa shape index (κ1) is 21.8. The molecule has 7 heteroatoms. The van der Waals surface area contributed by atoms with Crippen LogP contribution in [0.4, 0.5) is 0 Å². The average molecular weight is 434 g/mol. The Hall–Kier alpha value is -3.45. The summed E-state index contributed by atoms with van der Waals surface area (Å²) in [6, 6.07) is 15.9. The van der Waals surface area contributed by atoms with E-state index in [4.69, 9.17) is 9.47 Å². The van der Waals surface area contributed by atoms with Crippen LogP contribution in [0.1, 0.15) is 23.6 Å². The van der Waals surface area contributed by atoms with Crippen molar-refractivity contribution in [1.82, 2.24) is 9.80 Å². The van der Waals surface area contributed by atoms with Crippen molar-refractivity contribution < 1.29 is 23.9 Å². The van der Waals surface area contributed by atoms with Gasteiger partial charge in [0, 0.05) is 25.6 Å². The summed E-state index contributed by atoms with van der Waals surface area (Å²) in [5.74, 6) is -0.874. The molecule has 2 fully saturated rings. The van der Waals surface area contributed by atoms with Crippen LogP contribution < -0.4 is 4.74 Å². The number of nitrogens with zero attached hydrogens (tertiary/aromatic N) is 2. The number of carbonyl (C=O) groups is 3. The Labute approximate surface area is 187 Å². The second-order valence-electron chi connectivity index (χ2n) is 7.81. The molecule has 0 spiro atoms. The third kappa shape index (κ3) is 4.57. The monoisotopic (exact) mass is 434 g/mol. The van der Waals surface area contributed by atoms with E-state index in [2.05, 4.69) is 0 Å². The molecular formula is C25H26N2O5. The molecule has 2 aromatic carbocycles. The Kier molecular flexibility index (Phi) is 6.66. The van der Waals surface area contributed by atoms with Crippen LogP contribution in [-0.4, -0.2) is 60.9 Å². The van der Waals surface area contributed by atoms with Gasteiger partial charge in [-0.3, -0.25) is 19.3 Å². The Morgan fingerprint density at radius 2 is 1.72 bits per heavy atom. The molecule has 0 bridgehead atoms. The number of benzene rings is 2. The van der Waals surface area contributed by atoms with Crippen molar-refractivity contribution >= 4 is 23.8 Å². The number of imide groups is 1. The van der Waals surface area contributed by atoms with Gasteiger partial charge in [-0.15, -0.1) is 0 Å². The molecule has 2 aliphatic rings. The quantitative estimate of drug-likeness (QED) is 0.677. The molecular weight excluding hydrogens is 408 g/mol. The molecule has 4 rings (SSSR count). The van der Waals surface area contributed by atoms with Crippen LogP contribution in [0.3, 0.4) is 0 Å². The zero-order valence-corrected chi connectivity index (χ0v) is 18.0. The fourth-order valence-electron chi connectivity index (χ4n) is 4.23. The molecule has 0 N–H and O–H groups in total. The van der Waals surface area contributed by atoms with Gasteiger partial charge in [0.2, 0.25) is 11.8 Å². The molecule has 0 radical (unpaired) electrons. The number of rotatable bonds is 5. The fourth-order valence-corrected chi connectivity index (χ4v) is 4.23. The minimum absolute atomic E-state index is 0.00218. The maximum atomic E-state index is 13.3. The summed E-state index contributed by atoms with van der Waals surface area (Å²) in [6.45, 7) is 1.92. The van der Waals surface area contributed by atoms with E-state index in [0.29, 0.717) is 32.1 Å². The van der Waals surface area contributed by atoms with Crippen molar-refractivity contribution in [3.8, 4) is 5.75 Å². The number of carbonyl (C=O) groups excluding carboxylic acids is 3. The Balaban J connectivity index is 1.65. The third-order valence-corrected chi connectivity index (χ3v) is 5.88. The molecule has 2 atom stereocenters. The Bertz CT molecular complexity index is 997. The number of methoxy groups -OCH3 is 1. The first-order valence-corrected chi connectivity index (χ1v) is 10.7. The molecule has 3 amide bonds. The molecule has 0 unspecified atom stereocenters. The molecule has 2 saturated heterocycles. The molecule has 7 nitrogen and oxygen atoms in total. The molecule has 2 aliphatic heterocycles. The summed E-state index contributed by atoms with van der Waals surface area (Å²) in [5.41, 5.74) is 1.58. The molecule has 166 valence electrons. The number of likely N-dealkylation sites (tertiary alicyclic amines) is 1. The lowest BCUT2D eigenvalue weighted by atomic mass is 9.92. The number of hydrogen-bond acceptors (Lipinski definition) is 5. The van der Waals surface area contributed by atoms with Crippen LogP contribution in [-0.2, 0) is 19.1 Å². The van der Waals surface area contributed by atoms with Gasteiger partial charge in [0.25, 0.3) is 5.91 Å². The van der Waals surface area contributed by atoms with Gasteiger partial charge in [-0.1, -0.05) is 42.5 Å². The normalized spacial score (nSPS) is 21.2. The van der Waals surface area contributed by atoms with Crippen molar-refractivity contribution in [2.75, 3.05) is 33.4 Å². The first-order chi connectivity index (χ1) is 15.6. The lowest BCUT2D eigenvalue weighted by molar-refractivity contribution is -0.141. The highest BCUT2D eigenvalue weighted by atomic mass is 16.5. The van der Waals surface area contributed by atoms with Gasteiger partial charge in [-0.2, -0.15) is 0 Å². The van der Waals surface area contributed by atoms with E-state index in [1.165, 1.54) is 11.0 Å². The highest BCUT2D eigenvalue weighted by molar-refractivity contribution is 6.06. The minimum atomic E-state index is -0.670. The maximum absolute atomic E-state index is 13.3. The zero-order valence-electron chi connectivity index (χ0n) is 18.0. The molecule has 2 heterocycles. The average Bonchev–Trinajstić information content (AvgIpc) is 3.20. The summed E-state index contributed by atoms with van der Waals surface area (Å²) < 4.78 is 10.6. The zero-order chi connectivity index (χ0) is 22.5. The molecule has 2 aromatic rings. The van der Waals surface area contributed by atoms with Crippen molar-refractivity contribution in [3.05, 3.63) is 71.8 Å². The van der Waals surface area contributed by atoms with Gasteiger partial charge in [0.05, 0.1) is 32.3 Å². The van der Waals surface area contributed by atoms with Gasteiger partial charge in [-0.25, -0.2) is 0 Å². The van der Waals surface area contributed by atoms with Crippen molar-refractivity contribution in [3.63, 3.8) is 0 Å². The largest absolute Gasteiger partial charge is 0.497 e. The molecule has 32 heavy (non-hydrogen) atoms. The summed E-state index contributed by atoms with van der Waals surface area (Å²) in [7, 11) is 1.57. The van der Waals surface area contributed by atoms with E-state index >= 15 is 0 Å². The van der Waals surface area contributed by atoms with Crippen molar-refractivity contribution in [2.24, 2.45) is 5.92 Å². The van der Waals surface area contributed by atoms with Gasteiger partial charge in [0.15, 0.2) is 0 Å². The van der Waals surface area contributed by atoms with Crippen LogP contribution in [0.2, 0.25) is 0 Å². The van der Waals surface area contributed by atoms with Crippen LogP contribution in [0.15, 0.2) is 60.7 Å². The molecule has 0 saturated carbocycles. The highest BCUT2D eigenvalue weighted by Gasteiger charge is 2.48. The van der Waals surface area contributed by atoms with Crippen LogP contribution in [0.5, 0.6) is 5.75 Å². The standard InChI is InChI=1S/C25H26N2O5/c1-31-20-10-8-19(9-11-20)24-21(25(30)26-13-15-32-16-14-26)17-23(29)27(24)22(28)12-7-18-5-3-2-4-6-18/h2-12,21,24H,13-17H2,1H3/b12-7+/t21-,24+/m0/s1.